The van der Waals surface area contributed by atoms with E-state index in [-0.39, 0.29) is 5.56 Å². The predicted molar refractivity (Wildman–Crippen MR) is 86.1 cm³/mol. The van der Waals surface area contributed by atoms with E-state index in [1.54, 1.807) is 12.1 Å². The predicted octanol–water partition coefficient (Wildman–Crippen LogP) is 5.17. The maximum absolute atomic E-state index is 11.2. The highest BCUT2D eigenvalue weighted by molar-refractivity contribution is 6.36. The van der Waals surface area contributed by atoms with E-state index in [4.69, 9.17) is 11.6 Å². The molecule has 0 amide bonds. The Morgan fingerprint density at radius 1 is 0.952 bits per heavy atom. The number of hydrogen-bond donors (Lipinski definition) is 1. The van der Waals surface area contributed by atoms with E-state index in [0.29, 0.717) is 5.02 Å². The van der Waals surface area contributed by atoms with E-state index in [1.165, 1.54) is 0 Å². The molecule has 0 aliphatic carbocycles. The Morgan fingerprint density at radius 2 is 1.67 bits per heavy atom. The zero-order chi connectivity index (χ0) is 15.0. The molecule has 3 heteroatoms. The molecule has 0 spiro atoms. The molecule has 3 aromatic carbocycles. The molecular formula is C18H13ClO2. The van der Waals surface area contributed by atoms with Crippen LogP contribution in [0.25, 0.3) is 21.9 Å². The molecule has 0 aromatic heterocycles. The van der Waals surface area contributed by atoms with Gasteiger partial charge in [-0.1, -0.05) is 48.0 Å². The smallest absolute Gasteiger partial charge is 0.335 e. The molecule has 0 aliphatic rings. The summed E-state index contributed by atoms with van der Waals surface area (Å²) in [5.74, 6) is -0.922. The summed E-state index contributed by atoms with van der Waals surface area (Å²) in [6.07, 6.45) is 0. The van der Waals surface area contributed by atoms with Crippen molar-refractivity contribution in [2.45, 2.75) is 6.92 Å². The standard InChI is InChI=1S/C18H13ClO2/c1-11-6-7-12(18(20)21)10-16(11)14-8-9-17(19)15-5-3-2-4-13(14)15/h2-10H,1H3,(H,20,21). The van der Waals surface area contributed by atoms with Gasteiger partial charge in [0.2, 0.25) is 0 Å². The molecule has 1 N–H and O–H groups in total. The number of fused-ring (bicyclic) bond motifs is 1. The van der Waals surface area contributed by atoms with Crippen LogP contribution in [0.2, 0.25) is 5.02 Å². The fourth-order valence-corrected chi connectivity index (χ4v) is 2.77. The average Bonchev–Trinajstić information content (AvgIpc) is 2.49. The summed E-state index contributed by atoms with van der Waals surface area (Å²) in [5, 5.41) is 11.9. The van der Waals surface area contributed by atoms with Gasteiger partial charge in [0.1, 0.15) is 0 Å². The van der Waals surface area contributed by atoms with Crippen molar-refractivity contribution < 1.29 is 9.90 Å². The van der Waals surface area contributed by atoms with Gasteiger partial charge in [0.15, 0.2) is 0 Å². The first-order chi connectivity index (χ1) is 10.1. The Bertz CT molecular complexity index is 853. The topological polar surface area (TPSA) is 37.3 Å². The summed E-state index contributed by atoms with van der Waals surface area (Å²) < 4.78 is 0. The van der Waals surface area contributed by atoms with Gasteiger partial charge in [-0.25, -0.2) is 4.79 Å². The molecule has 104 valence electrons. The number of carboxylic acids is 1. The first-order valence-corrected chi connectivity index (χ1v) is 6.97. The Morgan fingerprint density at radius 3 is 2.38 bits per heavy atom. The van der Waals surface area contributed by atoms with Crippen LogP contribution in [0, 0.1) is 6.92 Å². The van der Waals surface area contributed by atoms with Crippen LogP contribution < -0.4 is 0 Å². The summed E-state index contributed by atoms with van der Waals surface area (Å²) in [7, 11) is 0. The lowest BCUT2D eigenvalue weighted by Gasteiger charge is -2.12. The summed E-state index contributed by atoms with van der Waals surface area (Å²) >= 11 is 6.24. The molecule has 0 unspecified atom stereocenters. The molecule has 3 aromatic rings. The van der Waals surface area contributed by atoms with Crippen LogP contribution in [0.3, 0.4) is 0 Å². The van der Waals surface area contributed by atoms with E-state index in [2.05, 4.69) is 0 Å². The van der Waals surface area contributed by atoms with E-state index < -0.39 is 5.97 Å². The SMILES string of the molecule is Cc1ccc(C(=O)O)cc1-c1ccc(Cl)c2ccccc12. The number of carboxylic acid groups (broad SMARTS) is 1. The van der Waals surface area contributed by atoms with E-state index in [9.17, 15) is 9.90 Å². The number of aromatic carboxylic acids is 1. The third-order valence-corrected chi connectivity index (χ3v) is 3.98. The number of hydrogen-bond acceptors (Lipinski definition) is 1. The zero-order valence-electron chi connectivity index (χ0n) is 11.4. The van der Waals surface area contributed by atoms with Crippen LogP contribution >= 0.6 is 11.6 Å². The minimum Gasteiger partial charge on any atom is -0.478 e. The second kappa shape index (κ2) is 5.23. The van der Waals surface area contributed by atoms with Crippen molar-refractivity contribution in [1.29, 1.82) is 0 Å². The molecule has 0 atom stereocenters. The highest BCUT2D eigenvalue weighted by atomic mass is 35.5. The zero-order valence-corrected chi connectivity index (χ0v) is 12.2. The minimum atomic E-state index is -0.922. The summed E-state index contributed by atoms with van der Waals surface area (Å²) in [6.45, 7) is 1.98. The average molecular weight is 297 g/mol. The molecule has 0 saturated heterocycles. The van der Waals surface area contributed by atoms with Gasteiger partial charge in [0, 0.05) is 10.4 Å². The second-order valence-corrected chi connectivity index (χ2v) is 5.38. The Balaban J connectivity index is 2.33. The van der Waals surface area contributed by atoms with Crippen molar-refractivity contribution in [3.8, 4) is 11.1 Å². The quantitative estimate of drug-likeness (QED) is 0.708. The van der Waals surface area contributed by atoms with Crippen molar-refractivity contribution >= 4 is 28.3 Å². The minimum absolute atomic E-state index is 0.287. The summed E-state index contributed by atoms with van der Waals surface area (Å²) in [5.41, 5.74) is 3.24. The molecule has 0 bridgehead atoms. The van der Waals surface area contributed by atoms with Crippen molar-refractivity contribution in [2.24, 2.45) is 0 Å². The van der Waals surface area contributed by atoms with Crippen LogP contribution in [-0.4, -0.2) is 11.1 Å². The van der Waals surface area contributed by atoms with Crippen molar-refractivity contribution in [2.75, 3.05) is 0 Å². The number of carbonyl (C=O) groups is 1. The molecule has 0 radical (unpaired) electrons. The molecule has 0 heterocycles. The molecule has 21 heavy (non-hydrogen) atoms. The van der Waals surface area contributed by atoms with Crippen molar-refractivity contribution in [1.82, 2.24) is 0 Å². The summed E-state index contributed by atoms with van der Waals surface area (Å²) in [6, 6.07) is 16.8. The lowest BCUT2D eigenvalue weighted by atomic mass is 9.93. The third kappa shape index (κ3) is 2.39. The normalized spacial score (nSPS) is 10.8. The second-order valence-electron chi connectivity index (χ2n) is 4.98. The number of rotatable bonds is 2. The fourth-order valence-electron chi connectivity index (χ4n) is 2.54. The van der Waals surface area contributed by atoms with Crippen LogP contribution in [0.4, 0.5) is 0 Å². The van der Waals surface area contributed by atoms with E-state index in [1.807, 2.05) is 49.4 Å². The van der Waals surface area contributed by atoms with Gasteiger partial charge in [-0.15, -0.1) is 0 Å². The van der Waals surface area contributed by atoms with Crippen molar-refractivity contribution in [3.63, 3.8) is 0 Å². The lowest BCUT2D eigenvalue weighted by molar-refractivity contribution is 0.0697. The van der Waals surface area contributed by atoms with Gasteiger partial charge in [-0.3, -0.25) is 0 Å². The molecule has 0 aliphatic heterocycles. The monoisotopic (exact) mass is 296 g/mol. The van der Waals surface area contributed by atoms with Gasteiger partial charge < -0.3 is 5.11 Å². The van der Waals surface area contributed by atoms with E-state index in [0.717, 1.165) is 27.5 Å². The van der Waals surface area contributed by atoms with Crippen LogP contribution in [0.5, 0.6) is 0 Å². The van der Waals surface area contributed by atoms with Crippen LogP contribution in [-0.2, 0) is 0 Å². The molecule has 2 nitrogen and oxygen atoms in total. The van der Waals surface area contributed by atoms with Gasteiger partial charge in [0.05, 0.1) is 5.56 Å². The van der Waals surface area contributed by atoms with Gasteiger partial charge in [0.25, 0.3) is 0 Å². The Kier molecular flexibility index (Phi) is 3.40. The maximum Gasteiger partial charge on any atom is 0.335 e. The van der Waals surface area contributed by atoms with Gasteiger partial charge in [-0.05, 0) is 47.2 Å². The Labute approximate surface area is 127 Å². The van der Waals surface area contributed by atoms with Gasteiger partial charge in [-0.2, -0.15) is 0 Å². The first kappa shape index (κ1) is 13.7. The maximum atomic E-state index is 11.2. The Hall–Kier alpha value is -2.32. The number of benzene rings is 3. The molecule has 0 fully saturated rings. The molecule has 0 saturated carbocycles. The van der Waals surface area contributed by atoms with Gasteiger partial charge >= 0.3 is 5.97 Å². The molecule has 3 rings (SSSR count). The van der Waals surface area contributed by atoms with E-state index >= 15 is 0 Å². The number of aryl methyl sites for hydroxylation is 1. The van der Waals surface area contributed by atoms with Crippen molar-refractivity contribution in [3.05, 3.63) is 70.7 Å². The van der Waals surface area contributed by atoms with Crippen LogP contribution in [0.15, 0.2) is 54.6 Å². The van der Waals surface area contributed by atoms with Crippen LogP contribution in [0.1, 0.15) is 15.9 Å². The fraction of sp³-hybridized carbons (Fsp3) is 0.0556. The highest BCUT2D eigenvalue weighted by Gasteiger charge is 2.11. The largest absolute Gasteiger partial charge is 0.478 e. The summed E-state index contributed by atoms with van der Waals surface area (Å²) in [4.78, 5) is 11.2. The third-order valence-electron chi connectivity index (χ3n) is 3.65. The molecular weight excluding hydrogens is 284 g/mol. The highest BCUT2D eigenvalue weighted by Crippen LogP contribution is 2.34. The first-order valence-electron chi connectivity index (χ1n) is 6.59. The number of halogens is 1. The lowest BCUT2D eigenvalue weighted by Crippen LogP contribution is -1.97.